The molecule has 0 saturated heterocycles. The van der Waals surface area contributed by atoms with E-state index in [4.69, 9.17) is 5.73 Å². The Morgan fingerprint density at radius 3 is 2.77 bits per heavy atom. The summed E-state index contributed by atoms with van der Waals surface area (Å²) in [5.41, 5.74) is 5.35. The van der Waals surface area contributed by atoms with Gasteiger partial charge in [0.25, 0.3) is 0 Å². The van der Waals surface area contributed by atoms with Gasteiger partial charge in [0.1, 0.15) is 9.84 Å². The Morgan fingerprint density at radius 2 is 2.31 bits per heavy atom. The Bertz CT molecular complexity index is 372. The van der Waals surface area contributed by atoms with Gasteiger partial charge >= 0.3 is 0 Å². The average Bonchev–Trinajstić information content (AvgIpc) is 2.33. The van der Waals surface area contributed by atoms with Crippen molar-refractivity contribution in [3.05, 3.63) is 0 Å². The highest BCUT2D eigenvalue weighted by Crippen LogP contribution is 2.17. The van der Waals surface area contributed by atoms with Gasteiger partial charge in [-0.15, -0.1) is 0 Å². The minimum Gasteiger partial charge on any atom is -0.374 e. The summed E-state index contributed by atoms with van der Waals surface area (Å²) in [7, 11) is -2.89. The normalized spacial score (nSPS) is 11.8. The summed E-state index contributed by atoms with van der Waals surface area (Å²) in [5, 5.41) is 0.952. The molecule has 5 nitrogen and oxygen atoms in total. The van der Waals surface area contributed by atoms with Crippen molar-refractivity contribution >= 4 is 38.3 Å². The Balaban J connectivity index is 2.36. The van der Waals surface area contributed by atoms with Crippen molar-refractivity contribution < 1.29 is 8.42 Å². The SMILES string of the molecule is CS(=O)(=O)CCSc1nsc(N)n1. The molecule has 0 saturated carbocycles. The lowest BCUT2D eigenvalue weighted by Crippen LogP contribution is -2.05. The number of hydrogen-bond acceptors (Lipinski definition) is 7. The molecule has 1 heterocycles. The van der Waals surface area contributed by atoms with Crippen LogP contribution in [0.25, 0.3) is 0 Å². The molecule has 1 aromatic heterocycles. The second-order valence-corrected chi connectivity index (χ2v) is 6.50. The summed E-state index contributed by atoms with van der Waals surface area (Å²) in [5.74, 6) is 0.603. The van der Waals surface area contributed by atoms with Crippen molar-refractivity contribution in [2.24, 2.45) is 0 Å². The first-order valence-corrected chi connectivity index (χ1v) is 7.19. The van der Waals surface area contributed by atoms with Crippen LogP contribution in [0.15, 0.2) is 5.16 Å². The van der Waals surface area contributed by atoms with Crippen LogP contribution in [0.4, 0.5) is 5.13 Å². The van der Waals surface area contributed by atoms with Crippen LogP contribution >= 0.6 is 23.3 Å². The van der Waals surface area contributed by atoms with Gasteiger partial charge < -0.3 is 5.73 Å². The minimum absolute atomic E-state index is 0.136. The molecule has 0 fully saturated rings. The van der Waals surface area contributed by atoms with Crippen LogP contribution in [-0.2, 0) is 9.84 Å². The number of sulfone groups is 1. The maximum Gasteiger partial charge on any atom is 0.202 e. The smallest absolute Gasteiger partial charge is 0.202 e. The molecule has 0 atom stereocenters. The van der Waals surface area contributed by atoms with Crippen LogP contribution in [0.2, 0.25) is 0 Å². The van der Waals surface area contributed by atoms with Crippen LogP contribution in [0.3, 0.4) is 0 Å². The van der Waals surface area contributed by atoms with Gasteiger partial charge in [0.15, 0.2) is 0 Å². The molecule has 0 aromatic carbocycles. The molecule has 2 N–H and O–H groups in total. The topological polar surface area (TPSA) is 85.9 Å². The molecular formula is C5H9N3O2S3. The number of nitrogens with zero attached hydrogens (tertiary/aromatic N) is 2. The van der Waals surface area contributed by atoms with Crippen molar-refractivity contribution in [1.29, 1.82) is 0 Å². The molecule has 0 unspecified atom stereocenters. The van der Waals surface area contributed by atoms with E-state index < -0.39 is 9.84 Å². The Kier molecular flexibility index (Phi) is 3.51. The van der Waals surface area contributed by atoms with Crippen molar-refractivity contribution in [2.75, 3.05) is 23.5 Å². The summed E-state index contributed by atoms with van der Waals surface area (Å²) < 4.78 is 25.4. The zero-order chi connectivity index (χ0) is 9.90. The highest BCUT2D eigenvalue weighted by atomic mass is 32.2. The van der Waals surface area contributed by atoms with Gasteiger partial charge in [0.05, 0.1) is 5.75 Å². The number of nitrogens with two attached hydrogens (primary N) is 1. The summed E-state index contributed by atoms with van der Waals surface area (Å²) in [6.45, 7) is 0. The fraction of sp³-hybridized carbons (Fsp3) is 0.600. The highest BCUT2D eigenvalue weighted by Gasteiger charge is 2.05. The van der Waals surface area contributed by atoms with E-state index in [0.717, 1.165) is 11.5 Å². The van der Waals surface area contributed by atoms with Crippen molar-refractivity contribution in [1.82, 2.24) is 9.36 Å². The summed E-state index contributed by atoms with van der Waals surface area (Å²) in [6, 6.07) is 0. The van der Waals surface area contributed by atoms with E-state index in [1.807, 2.05) is 0 Å². The van der Waals surface area contributed by atoms with Crippen LogP contribution in [0.1, 0.15) is 0 Å². The van der Waals surface area contributed by atoms with Gasteiger partial charge in [-0.1, -0.05) is 11.8 Å². The summed E-state index contributed by atoms with van der Waals surface area (Å²) in [6.07, 6.45) is 1.20. The number of thioether (sulfide) groups is 1. The van der Waals surface area contributed by atoms with Crippen molar-refractivity contribution in [3.8, 4) is 0 Å². The van der Waals surface area contributed by atoms with E-state index in [0.29, 0.717) is 16.0 Å². The van der Waals surface area contributed by atoms with Crippen LogP contribution in [0, 0.1) is 0 Å². The minimum atomic E-state index is -2.89. The third-order valence-electron chi connectivity index (χ3n) is 1.11. The molecule has 1 aromatic rings. The van der Waals surface area contributed by atoms with E-state index in [-0.39, 0.29) is 5.75 Å². The van der Waals surface area contributed by atoms with Gasteiger partial charge in [0.2, 0.25) is 10.3 Å². The number of hydrogen-bond donors (Lipinski definition) is 1. The first kappa shape index (κ1) is 10.7. The molecule has 0 aliphatic rings. The summed E-state index contributed by atoms with van der Waals surface area (Å²) >= 11 is 2.41. The van der Waals surface area contributed by atoms with E-state index in [2.05, 4.69) is 9.36 Å². The number of aromatic nitrogens is 2. The molecule has 74 valence electrons. The van der Waals surface area contributed by atoms with Gasteiger partial charge in [-0.25, -0.2) is 8.42 Å². The number of anilines is 1. The van der Waals surface area contributed by atoms with Gasteiger partial charge in [-0.05, 0) is 0 Å². The van der Waals surface area contributed by atoms with Crippen LogP contribution in [0.5, 0.6) is 0 Å². The monoisotopic (exact) mass is 239 g/mol. The highest BCUT2D eigenvalue weighted by molar-refractivity contribution is 8.00. The van der Waals surface area contributed by atoms with E-state index in [1.165, 1.54) is 18.0 Å². The predicted molar refractivity (Wildman–Crippen MR) is 54.8 cm³/mol. The van der Waals surface area contributed by atoms with Crippen LogP contribution in [-0.4, -0.2) is 35.5 Å². The van der Waals surface area contributed by atoms with Gasteiger partial charge in [0, 0.05) is 23.5 Å². The lowest BCUT2D eigenvalue weighted by molar-refractivity contribution is 0.603. The van der Waals surface area contributed by atoms with E-state index in [9.17, 15) is 8.42 Å². The molecule has 13 heavy (non-hydrogen) atoms. The quantitative estimate of drug-likeness (QED) is 0.758. The third kappa shape index (κ3) is 4.44. The largest absolute Gasteiger partial charge is 0.374 e. The molecular weight excluding hydrogens is 230 g/mol. The molecule has 0 bridgehead atoms. The van der Waals surface area contributed by atoms with Crippen molar-refractivity contribution in [2.45, 2.75) is 5.16 Å². The van der Waals surface area contributed by atoms with E-state index in [1.54, 1.807) is 0 Å². The third-order valence-corrected chi connectivity index (χ3v) is 3.82. The fourth-order valence-corrected chi connectivity index (χ4v) is 3.17. The Hall–Kier alpha value is -0.340. The zero-order valence-electron chi connectivity index (χ0n) is 6.93. The van der Waals surface area contributed by atoms with E-state index >= 15 is 0 Å². The predicted octanol–water partition coefficient (Wildman–Crippen LogP) is 0.257. The maximum absolute atomic E-state index is 10.8. The first-order valence-electron chi connectivity index (χ1n) is 3.37. The zero-order valence-corrected chi connectivity index (χ0v) is 9.38. The van der Waals surface area contributed by atoms with Gasteiger partial charge in [-0.3, -0.25) is 0 Å². The molecule has 0 spiro atoms. The molecule has 0 amide bonds. The first-order chi connectivity index (χ1) is 5.97. The average molecular weight is 239 g/mol. The van der Waals surface area contributed by atoms with Crippen molar-refractivity contribution in [3.63, 3.8) is 0 Å². The molecule has 1 rings (SSSR count). The molecule has 0 aliphatic heterocycles. The summed E-state index contributed by atoms with van der Waals surface area (Å²) in [4.78, 5) is 3.88. The lowest BCUT2D eigenvalue weighted by atomic mass is 11.0. The van der Waals surface area contributed by atoms with Crippen LogP contribution < -0.4 is 5.73 Å². The molecule has 0 aliphatic carbocycles. The maximum atomic E-state index is 10.8. The Morgan fingerprint density at radius 1 is 1.62 bits per heavy atom. The standard InChI is InChI=1S/C5H9N3O2S3/c1-13(9,10)3-2-11-5-7-4(6)12-8-5/h2-3H2,1H3,(H2,6,7,8). The molecule has 8 heteroatoms. The fourth-order valence-electron chi connectivity index (χ4n) is 0.564. The van der Waals surface area contributed by atoms with Gasteiger partial charge in [-0.2, -0.15) is 9.36 Å². The number of nitrogen functional groups attached to an aromatic ring is 1. The lowest BCUT2D eigenvalue weighted by Gasteiger charge is -1.94. The number of rotatable bonds is 4. The second-order valence-electron chi connectivity index (χ2n) is 2.39. The second kappa shape index (κ2) is 4.25. The Labute approximate surface area is 84.8 Å². The molecule has 0 radical (unpaired) electrons.